The minimum absolute atomic E-state index is 0.0995. The van der Waals surface area contributed by atoms with Crippen LogP contribution in [-0.4, -0.2) is 70.9 Å². The first-order valence-electron chi connectivity index (χ1n) is 7.35. The molecule has 3 heterocycles. The van der Waals surface area contributed by atoms with E-state index in [0.29, 0.717) is 11.1 Å². The summed E-state index contributed by atoms with van der Waals surface area (Å²) in [6.07, 6.45) is 0. The zero-order valence-electron chi connectivity index (χ0n) is 12.5. The molecule has 2 aliphatic heterocycles. The molecule has 116 valence electrons. The topological polar surface area (TPSA) is 50.6 Å². The van der Waals surface area contributed by atoms with E-state index < -0.39 is 0 Å². The molecular formula is C14H21ClN4O2. The van der Waals surface area contributed by atoms with Gasteiger partial charge in [0.1, 0.15) is 6.54 Å². The first-order valence-corrected chi connectivity index (χ1v) is 7.73. The minimum atomic E-state index is 0.0995. The van der Waals surface area contributed by atoms with Crippen LogP contribution in [0.1, 0.15) is 11.4 Å². The highest BCUT2D eigenvalue weighted by Crippen LogP contribution is 2.19. The van der Waals surface area contributed by atoms with E-state index in [0.717, 1.165) is 50.8 Å². The first kappa shape index (κ1) is 14.8. The van der Waals surface area contributed by atoms with Gasteiger partial charge < -0.3 is 9.64 Å². The van der Waals surface area contributed by atoms with E-state index in [4.69, 9.17) is 16.3 Å². The van der Waals surface area contributed by atoms with Gasteiger partial charge in [-0.15, -0.1) is 0 Å². The van der Waals surface area contributed by atoms with Gasteiger partial charge in [-0.1, -0.05) is 11.6 Å². The standard InChI is InChI=1S/C14H21ClN4O2/c1-10-14(15)11(2)19(16-10)8-13(20)18-4-3-17-5-6-21-9-12(17)7-18/h12H,3-9H2,1-2H3. The predicted molar refractivity (Wildman–Crippen MR) is 79.5 cm³/mol. The molecule has 2 fully saturated rings. The van der Waals surface area contributed by atoms with Crippen LogP contribution in [-0.2, 0) is 16.1 Å². The van der Waals surface area contributed by atoms with Crippen molar-refractivity contribution in [3.63, 3.8) is 0 Å². The molecular weight excluding hydrogens is 292 g/mol. The number of nitrogens with zero attached hydrogens (tertiary/aromatic N) is 4. The van der Waals surface area contributed by atoms with Gasteiger partial charge in [-0.25, -0.2) is 0 Å². The third kappa shape index (κ3) is 2.93. The van der Waals surface area contributed by atoms with Crippen molar-refractivity contribution in [3.8, 4) is 0 Å². The molecule has 0 aromatic carbocycles. The second kappa shape index (κ2) is 5.94. The van der Waals surface area contributed by atoms with E-state index in [1.807, 2.05) is 18.7 Å². The van der Waals surface area contributed by atoms with Gasteiger partial charge in [0.15, 0.2) is 0 Å². The summed E-state index contributed by atoms with van der Waals surface area (Å²) in [5.41, 5.74) is 1.62. The Morgan fingerprint density at radius 1 is 1.38 bits per heavy atom. The Kier molecular flexibility index (Phi) is 4.19. The van der Waals surface area contributed by atoms with Gasteiger partial charge in [-0.2, -0.15) is 5.10 Å². The van der Waals surface area contributed by atoms with Crippen LogP contribution in [0.25, 0.3) is 0 Å². The van der Waals surface area contributed by atoms with Crippen LogP contribution in [0.4, 0.5) is 0 Å². The highest BCUT2D eigenvalue weighted by atomic mass is 35.5. The number of hydrogen-bond donors (Lipinski definition) is 0. The highest BCUT2D eigenvalue weighted by Gasteiger charge is 2.31. The summed E-state index contributed by atoms with van der Waals surface area (Å²) in [7, 11) is 0. The van der Waals surface area contributed by atoms with Crippen LogP contribution in [0.15, 0.2) is 0 Å². The van der Waals surface area contributed by atoms with Crippen molar-refractivity contribution in [3.05, 3.63) is 16.4 Å². The first-order chi connectivity index (χ1) is 10.1. The predicted octanol–water partition coefficient (Wildman–Crippen LogP) is 0.696. The number of aromatic nitrogens is 2. The molecule has 1 aromatic heterocycles. The third-order valence-electron chi connectivity index (χ3n) is 4.37. The molecule has 0 bridgehead atoms. The number of morpholine rings is 1. The zero-order valence-corrected chi connectivity index (χ0v) is 13.3. The fraction of sp³-hybridized carbons (Fsp3) is 0.714. The Morgan fingerprint density at radius 3 is 2.90 bits per heavy atom. The summed E-state index contributed by atoms with van der Waals surface area (Å²) in [6.45, 7) is 8.94. The number of fused-ring (bicyclic) bond motifs is 1. The van der Waals surface area contributed by atoms with Crippen LogP contribution >= 0.6 is 11.6 Å². The molecule has 7 heteroatoms. The van der Waals surface area contributed by atoms with Crippen LogP contribution in [0.3, 0.4) is 0 Å². The van der Waals surface area contributed by atoms with Crippen molar-refractivity contribution < 1.29 is 9.53 Å². The number of hydrogen-bond acceptors (Lipinski definition) is 4. The van der Waals surface area contributed by atoms with Gasteiger partial charge in [-0.3, -0.25) is 14.4 Å². The average molecular weight is 313 g/mol. The third-order valence-corrected chi connectivity index (χ3v) is 4.92. The van der Waals surface area contributed by atoms with E-state index >= 15 is 0 Å². The van der Waals surface area contributed by atoms with Crippen LogP contribution in [0, 0.1) is 13.8 Å². The molecule has 2 aliphatic rings. The summed E-state index contributed by atoms with van der Waals surface area (Å²) in [5, 5.41) is 4.97. The lowest BCUT2D eigenvalue weighted by molar-refractivity contribution is -0.137. The number of carbonyl (C=O) groups excluding carboxylic acids is 1. The van der Waals surface area contributed by atoms with Crippen molar-refractivity contribution in [1.29, 1.82) is 0 Å². The molecule has 0 spiro atoms. The second-order valence-electron chi connectivity index (χ2n) is 5.75. The Labute approximate surface area is 129 Å². The van der Waals surface area contributed by atoms with Crippen molar-refractivity contribution in [1.82, 2.24) is 19.6 Å². The second-order valence-corrected chi connectivity index (χ2v) is 6.12. The van der Waals surface area contributed by atoms with Gasteiger partial charge in [0, 0.05) is 26.2 Å². The average Bonchev–Trinajstić information content (AvgIpc) is 2.74. The highest BCUT2D eigenvalue weighted by molar-refractivity contribution is 6.31. The molecule has 1 aromatic rings. The molecule has 2 saturated heterocycles. The Bertz CT molecular complexity index is 545. The Morgan fingerprint density at radius 2 is 2.19 bits per heavy atom. The van der Waals surface area contributed by atoms with Gasteiger partial charge in [-0.05, 0) is 13.8 Å². The molecule has 6 nitrogen and oxygen atoms in total. The van der Waals surface area contributed by atoms with Crippen LogP contribution < -0.4 is 0 Å². The number of aryl methyl sites for hydroxylation is 1. The van der Waals surface area contributed by atoms with Gasteiger partial charge in [0.05, 0.1) is 35.7 Å². The van der Waals surface area contributed by atoms with Crippen molar-refractivity contribution >= 4 is 17.5 Å². The summed E-state index contributed by atoms with van der Waals surface area (Å²) in [6, 6.07) is 0.334. The van der Waals surface area contributed by atoms with Crippen molar-refractivity contribution in [2.45, 2.75) is 26.4 Å². The Hall–Kier alpha value is -1.11. The van der Waals surface area contributed by atoms with E-state index in [1.165, 1.54) is 0 Å². The van der Waals surface area contributed by atoms with E-state index in [-0.39, 0.29) is 12.5 Å². The number of halogens is 1. The van der Waals surface area contributed by atoms with Gasteiger partial charge in [0.25, 0.3) is 0 Å². The largest absolute Gasteiger partial charge is 0.378 e. The molecule has 0 aliphatic carbocycles. The maximum Gasteiger partial charge on any atom is 0.244 e. The van der Waals surface area contributed by atoms with Crippen molar-refractivity contribution in [2.24, 2.45) is 0 Å². The van der Waals surface area contributed by atoms with Crippen LogP contribution in [0.5, 0.6) is 0 Å². The summed E-state index contributed by atoms with van der Waals surface area (Å²) in [4.78, 5) is 16.8. The number of ether oxygens (including phenoxy) is 1. The lowest BCUT2D eigenvalue weighted by Gasteiger charge is -2.43. The molecule has 0 radical (unpaired) electrons. The SMILES string of the molecule is Cc1nn(CC(=O)N2CCN3CCOCC3C2)c(C)c1Cl. The maximum atomic E-state index is 12.5. The number of piperazine rings is 1. The quantitative estimate of drug-likeness (QED) is 0.806. The molecule has 0 saturated carbocycles. The zero-order chi connectivity index (χ0) is 15.0. The normalized spacial score (nSPS) is 23.2. The van der Waals surface area contributed by atoms with Gasteiger partial charge >= 0.3 is 0 Å². The summed E-state index contributed by atoms with van der Waals surface area (Å²) >= 11 is 6.13. The number of rotatable bonds is 2. The smallest absolute Gasteiger partial charge is 0.244 e. The lowest BCUT2D eigenvalue weighted by atomic mass is 10.1. The monoisotopic (exact) mass is 312 g/mol. The Balaban J connectivity index is 1.64. The molecule has 21 heavy (non-hydrogen) atoms. The molecule has 1 atom stereocenters. The molecule has 3 rings (SSSR count). The minimum Gasteiger partial charge on any atom is -0.378 e. The lowest BCUT2D eigenvalue weighted by Crippen LogP contribution is -2.59. The molecule has 1 amide bonds. The number of carbonyl (C=O) groups is 1. The summed E-state index contributed by atoms with van der Waals surface area (Å²) in [5.74, 6) is 0.0995. The van der Waals surface area contributed by atoms with E-state index in [1.54, 1.807) is 4.68 Å². The number of amides is 1. The van der Waals surface area contributed by atoms with Crippen molar-refractivity contribution in [2.75, 3.05) is 39.4 Å². The molecule has 0 N–H and O–H groups in total. The van der Waals surface area contributed by atoms with Crippen LogP contribution in [0.2, 0.25) is 5.02 Å². The summed E-state index contributed by atoms with van der Waals surface area (Å²) < 4.78 is 7.21. The fourth-order valence-corrected chi connectivity index (χ4v) is 3.17. The van der Waals surface area contributed by atoms with E-state index in [2.05, 4.69) is 10.00 Å². The van der Waals surface area contributed by atoms with Gasteiger partial charge in [0.2, 0.25) is 5.91 Å². The molecule has 1 unspecified atom stereocenters. The van der Waals surface area contributed by atoms with E-state index in [9.17, 15) is 4.79 Å². The fourth-order valence-electron chi connectivity index (χ4n) is 3.03. The maximum absolute atomic E-state index is 12.5.